The molecule has 0 radical (unpaired) electrons. The van der Waals surface area contributed by atoms with Crippen LogP contribution in [-0.2, 0) is 11.2 Å². The summed E-state index contributed by atoms with van der Waals surface area (Å²) in [7, 11) is 0. The molecule has 0 spiro atoms. The molecule has 1 aromatic rings. The Morgan fingerprint density at radius 2 is 2.37 bits per heavy atom. The van der Waals surface area contributed by atoms with Gasteiger partial charge in [0.2, 0.25) is 0 Å². The first kappa shape index (κ1) is 13.9. The van der Waals surface area contributed by atoms with Gasteiger partial charge in [-0.25, -0.2) is 0 Å². The van der Waals surface area contributed by atoms with Crippen LogP contribution < -0.4 is 9.47 Å². The summed E-state index contributed by atoms with van der Waals surface area (Å²) in [6.07, 6.45) is 1.87. The number of hydrogen-bond acceptors (Lipinski definition) is 4. The van der Waals surface area contributed by atoms with Crippen LogP contribution in [0.4, 0.5) is 0 Å². The Morgan fingerprint density at radius 3 is 3.05 bits per heavy atom. The van der Waals surface area contributed by atoms with E-state index < -0.39 is 6.10 Å². The SMILES string of the molecule is CCOc1cc2c(cc1C(O)CCC=O)OC(C)C2. The van der Waals surface area contributed by atoms with E-state index >= 15 is 0 Å². The van der Waals surface area contributed by atoms with Crippen LogP contribution in [0.5, 0.6) is 11.5 Å². The third-order valence-corrected chi connectivity index (χ3v) is 3.25. The van der Waals surface area contributed by atoms with Crippen LogP contribution >= 0.6 is 0 Å². The van der Waals surface area contributed by atoms with Crippen LogP contribution in [0.25, 0.3) is 0 Å². The van der Waals surface area contributed by atoms with E-state index in [4.69, 9.17) is 9.47 Å². The average Bonchev–Trinajstić information content (AvgIpc) is 2.74. The second-order valence-corrected chi connectivity index (χ2v) is 4.82. The summed E-state index contributed by atoms with van der Waals surface area (Å²) < 4.78 is 11.3. The van der Waals surface area contributed by atoms with Gasteiger partial charge >= 0.3 is 0 Å². The van der Waals surface area contributed by atoms with Crippen LogP contribution in [-0.4, -0.2) is 24.1 Å². The summed E-state index contributed by atoms with van der Waals surface area (Å²) in [6, 6.07) is 3.79. The van der Waals surface area contributed by atoms with Crippen molar-refractivity contribution < 1.29 is 19.4 Å². The molecule has 2 atom stereocenters. The summed E-state index contributed by atoms with van der Waals surface area (Å²) in [5, 5.41) is 10.2. The highest BCUT2D eigenvalue weighted by Gasteiger charge is 2.24. The number of carbonyl (C=O) groups is 1. The van der Waals surface area contributed by atoms with Gasteiger partial charge in [-0.3, -0.25) is 0 Å². The molecule has 104 valence electrons. The normalized spacial score (nSPS) is 18.6. The zero-order chi connectivity index (χ0) is 13.8. The monoisotopic (exact) mass is 264 g/mol. The van der Waals surface area contributed by atoms with E-state index in [1.165, 1.54) is 0 Å². The van der Waals surface area contributed by atoms with E-state index in [0.29, 0.717) is 30.8 Å². The molecule has 0 saturated heterocycles. The van der Waals surface area contributed by atoms with Gasteiger partial charge in [0, 0.05) is 24.0 Å². The summed E-state index contributed by atoms with van der Waals surface area (Å²) in [5.74, 6) is 1.51. The number of carbonyl (C=O) groups excluding carboxylic acids is 1. The van der Waals surface area contributed by atoms with Gasteiger partial charge in [-0.05, 0) is 32.4 Å². The molecular formula is C15H20O4. The van der Waals surface area contributed by atoms with Crippen LogP contribution in [0.2, 0.25) is 0 Å². The Balaban J connectivity index is 2.29. The Bertz CT molecular complexity index is 456. The van der Waals surface area contributed by atoms with Crippen molar-refractivity contribution in [2.75, 3.05) is 6.61 Å². The van der Waals surface area contributed by atoms with E-state index in [1.807, 2.05) is 26.0 Å². The minimum atomic E-state index is -0.698. The smallest absolute Gasteiger partial charge is 0.125 e. The lowest BCUT2D eigenvalue weighted by molar-refractivity contribution is -0.108. The molecule has 2 rings (SSSR count). The maximum atomic E-state index is 10.4. The van der Waals surface area contributed by atoms with Crippen molar-refractivity contribution in [3.05, 3.63) is 23.3 Å². The zero-order valence-electron chi connectivity index (χ0n) is 11.4. The molecule has 0 fully saturated rings. The van der Waals surface area contributed by atoms with Crippen molar-refractivity contribution in [1.29, 1.82) is 0 Å². The fourth-order valence-corrected chi connectivity index (χ4v) is 2.38. The van der Waals surface area contributed by atoms with E-state index in [2.05, 4.69) is 0 Å². The molecular weight excluding hydrogens is 244 g/mol. The van der Waals surface area contributed by atoms with Crippen LogP contribution in [0.3, 0.4) is 0 Å². The fraction of sp³-hybridized carbons (Fsp3) is 0.533. The Labute approximate surface area is 113 Å². The Hall–Kier alpha value is -1.55. The zero-order valence-corrected chi connectivity index (χ0v) is 11.4. The highest BCUT2D eigenvalue weighted by atomic mass is 16.5. The molecule has 0 bridgehead atoms. The predicted molar refractivity (Wildman–Crippen MR) is 71.7 cm³/mol. The second kappa shape index (κ2) is 6.06. The second-order valence-electron chi connectivity index (χ2n) is 4.82. The van der Waals surface area contributed by atoms with Crippen LogP contribution in [0.1, 0.15) is 43.9 Å². The molecule has 1 aliphatic rings. The summed E-state index contributed by atoms with van der Waals surface area (Å²) in [4.78, 5) is 10.4. The molecule has 4 heteroatoms. The first-order valence-corrected chi connectivity index (χ1v) is 6.73. The highest BCUT2D eigenvalue weighted by molar-refractivity contribution is 5.51. The molecule has 0 amide bonds. The third-order valence-electron chi connectivity index (χ3n) is 3.25. The number of aliphatic hydroxyl groups is 1. The van der Waals surface area contributed by atoms with Gasteiger partial charge in [0.05, 0.1) is 12.7 Å². The van der Waals surface area contributed by atoms with Crippen LogP contribution in [0, 0.1) is 0 Å². The topological polar surface area (TPSA) is 55.8 Å². The van der Waals surface area contributed by atoms with Crippen molar-refractivity contribution in [3.63, 3.8) is 0 Å². The van der Waals surface area contributed by atoms with Crippen molar-refractivity contribution in [2.24, 2.45) is 0 Å². The molecule has 1 N–H and O–H groups in total. The third kappa shape index (κ3) is 3.07. The maximum absolute atomic E-state index is 10.4. The average molecular weight is 264 g/mol. The van der Waals surface area contributed by atoms with E-state index in [-0.39, 0.29) is 6.10 Å². The van der Waals surface area contributed by atoms with Gasteiger partial charge in [-0.2, -0.15) is 0 Å². The number of benzene rings is 1. The van der Waals surface area contributed by atoms with Crippen molar-refractivity contribution in [3.8, 4) is 11.5 Å². The molecule has 0 saturated carbocycles. The number of ether oxygens (including phenoxy) is 2. The van der Waals surface area contributed by atoms with Gasteiger partial charge in [-0.15, -0.1) is 0 Å². The number of aliphatic hydroxyl groups excluding tert-OH is 1. The van der Waals surface area contributed by atoms with Gasteiger partial charge in [0.15, 0.2) is 0 Å². The molecule has 1 aromatic carbocycles. The Morgan fingerprint density at radius 1 is 1.58 bits per heavy atom. The Kier molecular flexibility index (Phi) is 4.43. The standard InChI is InChI=1S/C15H20O4/c1-3-18-15-8-11-7-10(2)19-14(11)9-12(15)13(17)5-4-6-16/h6,8-10,13,17H,3-5,7H2,1-2H3. The molecule has 2 unspecified atom stereocenters. The van der Waals surface area contributed by atoms with Crippen molar-refractivity contribution in [2.45, 2.75) is 45.3 Å². The van der Waals surface area contributed by atoms with Gasteiger partial charge in [0.1, 0.15) is 23.9 Å². The highest BCUT2D eigenvalue weighted by Crippen LogP contribution is 2.38. The molecule has 1 aliphatic heterocycles. The van der Waals surface area contributed by atoms with E-state index in [0.717, 1.165) is 24.0 Å². The molecule has 19 heavy (non-hydrogen) atoms. The molecule has 4 nitrogen and oxygen atoms in total. The minimum absolute atomic E-state index is 0.159. The molecule has 0 aromatic heterocycles. The lowest BCUT2D eigenvalue weighted by Crippen LogP contribution is -2.05. The van der Waals surface area contributed by atoms with E-state index in [9.17, 15) is 9.90 Å². The number of rotatable bonds is 6. The molecule has 1 heterocycles. The number of hydrogen-bond donors (Lipinski definition) is 1. The molecule has 0 aliphatic carbocycles. The maximum Gasteiger partial charge on any atom is 0.125 e. The largest absolute Gasteiger partial charge is 0.493 e. The summed E-state index contributed by atoms with van der Waals surface area (Å²) in [5.41, 5.74) is 1.82. The van der Waals surface area contributed by atoms with Gasteiger partial charge in [0.25, 0.3) is 0 Å². The van der Waals surface area contributed by atoms with Crippen molar-refractivity contribution >= 4 is 6.29 Å². The van der Waals surface area contributed by atoms with Gasteiger partial charge in [-0.1, -0.05) is 0 Å². The van der Waals surface area contributed by atoms with Crippen molar-refractivity contribution in [1.82, 2.24) is 0 Å². The minimum Gasteiger partial charge on any atom is -0.493 e. The van der Waals surface area contributed by atoms with E-state index in [1.54, 1.807) is 0 Å². The number of aldehydes is 1. The first-order valence-electron chi connectivity index (χ1n) is 6.73. The lowest BCUT2D eigenvalue weighted by atomic mass is 10.0. The quantitative estimate of drug-likeness (QED) is 0.802. The van der Waals surface area contributed by atoms with Gasteiger partial charge < -0.3 is 19.4 Å². The summed E-state index contributed by atoms with van der Waals surface area (Å²) >= 11 is 0. The van der Waals surface area contributed by atoms with Crippen LogP contribution in [0.15, 0.2) is 12.1 Å². The fourth-order valence-electron chi connectivity index (χ4n) is 2.38. The number of fused-ring (bicyclic) bond motifs is 1. The summed E-state index contributed by atoms with van der Waals surface area (Å²) in [6.45, 7) is 4.47. The predicted octanol–water partition coefficient (Wildman–Crippen LogP) is 2.42. The lowest BCUT2D eigenvalue weighted by Gasteiger charge is -2.16. The first-order chi connectivity index (χ1) is 9.15.